The number of nitrogens with two attached hydrogens (primary N) is 1. The van der Waals surface area contributed by atoms with E-state index in [1.165, 1.54) is 4.90 Å². The van der Waals surface area contributed by atoms with Gasteiger partial charge in [-0.25, -0.2) is 8.78 Å². The van der Waals surface area contributed by atoms with Crippen LogP contribution in [0.4, 0.5) is 8.78 Å². The van der Waals surface area contributed by atoms with E-state index in [9.17, 15) is 33.1 Å². The smallest absolute Gasteiger partial charge is 0.248 e. The van der Waals surface area contributed by atoms with E-state index < -0.39 is 53.5 Å². The fraction of sp³-hybridized carbons (Fsp3) is 0.412. The molecule has 1 heterocycles. The lowest BCUT2D eigenvalue weighted by molar-refractivity contribution is -0.140. The third-order valence-electron chi connectivity index (χ3n) is 7.56. The van der Waals surface area contributed by atoms with E-state index in [0.29, 0.717) is 17.8 Å². The van der Waals surface area contributed by atoms with Crippen LogP contribution < -0.4 is 21.7 Å². The summed E-state index contributed by atoms with van der Waals surface area (Å²) in [5.74, 6) is -3.05. The average Bonchev–Trinajstić information content (AvgIpc) is 3.46. The third-order valence-corrected chi connectivity index (χ3v) is 8.07. The summed E-state index contributed by atoms with van der Waals surface area (Å²) in [7, 11) is 0. The molecule has 1 aromatic heterocycles. The Bertz CT molecular complexity index is 1560. The highest BCUT2D eigenvalue weighted by molar-refractivity contribution is 9.09. The number of carbonyl (C=O) groups excluding carboxylic acids is 4. The molecule has 4 amide bonds. The highest BCUT2D eigenvalue weighted by Crippen LogP contribution is 2.41. The Hall–Kier alpha value is -4.14. The fourth-order valence-corrected chi connectivity index (χ4v) is 5.52. The molecule has 0 spiro atoms. The van der Waals surface area contributed by atoms with Crippen molar-refractivity contribution in [2.45, 2.75) is 45.8 Å². The SMILES string of the molecule is CC(C)(C)C(c1cc(-c2cc(F)ccc2F)cn1Cc1ccccc1)N(CCC(N)C(=O)NCCNC(=O)CNC(=O)CBr)C(=O)CO. The molecule has 48 heavy (non-hydrogen) atoms. The van der Waals surface area contributed by atoms with E-state index in [4.69, 9.17) is 5.73 Å². The number of nitrogens with one attached hydrogen (secondary N) is 3. The first kappa shape index (κ1) is 38.3. The van der Waals surface area contributed by atoms with Gasteiger partial charge in [-0.05, 0) is 41.7 Å². The van der Waals surface area contributed by atoms with Crippen LogP contribution in [0.5, 0.6) is 0 Å². The second kappa shape index (κ2) is 17.9. The van der Waals surface area contributed by atoms with Crippen LogP contribution in [-0.4, -0.2) is 82.4 Å². The van der Waals surface area contributed by atoms with Crippen LogP contribution in [0.15, 0.2) is 60.8 Å². The summed E-state index contributed by atoms with van der Waals surface area (Å²) < 4.78 is 31.1. The second-order valence-electron chi connectivity index (χ2n) is 12.4. The van der Waals surface area contributed by atoms with Gasteiger partial charge in [0.25, 0.3) is 0 Å². The Morgan fingerprint density at radius 3 is 2.31 bits per heavy atom. The molecule has 0 radical (unpaired) electrons. The Kier molecular flexibility index (Phi) is 14.2. The number of aliphatic hydroxyl groups is 1. The summed E-state index contributed by atoms with van der Waals surface area (Å²) >= 11 is 2.99. The fourth-order valence-electron chi connectivity index (χ4n) is 5.32. The molecule has 14 heteroatoms. The lowest BCUT2D eigenvalue weighted by Crippen LogP contribution is -2.48. The molecule has 6 N–H and O–H groups in total. The van der Waals surface area contributed by atoms with Gasteiger partial charge in [0.05, 0.1) is 24.0 Å². The summed E-state index contributed by atoms with van der Waals surface area (Å²) in [6.07, 6.45) is 1.76. The monoisotopic (exact) mass is 732 g/mol. The number of rotatable bonds is 16. The number of hydrogen-bond acceptors (Lipinski definition) is 6. The standard InChI is InChI=1S/C34H43BrF2N6O5/c1-34(2,3)32(28-15-23(25-16-24(36)9-10-26(25)37)20-42(28)19-22-7-5-4-6-8-22)43(31(47)21-44)14-11-27(38)33(48)40-13-12-39-30(46)18-41-29(45)17-35/h4-10,15-16,20,27,32,44H,11-14,17-19,21,38H2,1-3H3,(H,39,46)(H,40,48)(H,41,45). The molecule has 3 aromatic rings. The molecule has 260 valence electrons. The number of halogens is 3. The number of aromatic nitrogens is 1. The van der Waals surface area contributed by atoms with Gasteiger partial charge in [0.1, 0.15) is 18.2 Å². The van der Waals surface area contributed by atoms with Gasteiger partial charge in [0.15, 0.2) is 0 Å². The lowest BCUT2D eigenvalue weighted by Gasteiger charge is -2.41. The van der Waals surface area contributed by atoms with E-state index in [2.05, 4.69) is 31.9 Å². The lowest BCUT2D eigenvalue weighted by atomic mass is 9.82. The van der Waals surface area contributed by atoms with Crippen molar-refractivity contribution in [2.75, 3.05) is 38.1 Å². The molecule has 0 fully saturated rings. The topological polar surface area (TPSA) is 159 Å². The highest BCUT2D eigenvalue weighted by atomic mass is 79.9. The van der Waals surface area contributed by atoms with Crippen LogP contribution >= 0.6 is 15.9 Å². The Morgan fingerprint density at radius 2 is 1.67 bits per heavy atom. The Labute approximate surface area is 287 Å². The van der Waals surface area contributed by atoms with E-state index in [-0.39, 0.29) is 49.4 Å². The van der Waals surface area contributed by atoms with Crippen molar-refractivity contribution in [1.29, 1.82) is 0 Å². The molecule has 3 rings (SSSR count). The molecule has 2 atom stereocenters. The maximum Gasteiger partial charge on any atom is 0.248 e. The van der Waals surface area contributed by atoms with Crippen molar-refractivity contribution in [3.8, 4) is 11.1 Å². The molecule has 11 nitrogen and oxygen atoms in total. The van der Waals surface area contributed by atoms with Gasteiger partial charge in [-0.1, -0.05) is 67.0 Å². The minimum atomic E-state index is -1.03. The summed E-state index contributed by atoms with van der Waals surface area (Å²) in [6, 6.07) is 12.8. The molecule has 0 aliphatic heterocycles. The van der Waals surface area contributed by atoms with Crippen molar-refractivity contribution in [3.05, 3.63) is 83.7 Å². The van der Waals surface area contributed by atoms with E-state index in [0.717, 1.165) is 23.8 Å². The van der Waals surface area contributed by atoms with Gasteiger partial charge in [-0.15, -0.1) is 0 Å². The minimum Gasteiger partial charge on any atom is -0.387 e. The number of alkyl halides is 1. The van der Waals surface area contributed by atoms with Gasteiger partial charge in [-0.2, -0.15) is 0 Å². The number of benzene rings is 2. The zero-order chi connectivity index (χ0) is 35.4. The zero-order valence-electron chi connectivity index (χ0n) is 27.3. The summed E-state index contributed by atoms with van der Waals surface area (Å²) in [5, 5.41) is 17.7. The number of aliphatic hydroxyl groups excluding tert-OH is 1. The molecule has 0 bridgehead atoms. The molecule has 2 unspecified atom stereocenters. The maximum absolute atomic E-state index is 15.0. The average molecular weight is 734 g/mol. The van der Waals surface area contributed by atoms with Crippen molar-refractivity contribution >= 4 is 39.6 Å². The maximum atomic E-state index is 15.0. The third kappa shape index (κ3) is 11.0. The molecular formula is C34H43BrF2N6O5. The molecule has 2 aromatic carbocycles. The predicted molar refractivity (Wildman–Crippen MR) is 182 cm³/mol. The number of nitrogens with zero attached hydrogens (tertiary/aromatic N) is 2. The van der Waals surface area contributed by atoms with Gasteiger partial charge < -0.3 is 36.3 Å². The van der Waals surface area contributed by atoms with E-state index in [1.807, 2.05) is 55.7 Å². The van der Waals surface area contributed by atoms with E-state index in [1.54, 1.807) is 12.3 Å². The number of hydrogen-bond donors (Lipinski definition) is 5. The largest absolute Gasteiger partial charge is 0.387 e. The summed E-state index contributed by atoms with van der Waals surface area (Å²) in [4.78, 5) is 50.7. The van der Waals surface area contributed by atoms with Crippen molar-refractivity contribution in [2.24, 2.45) is 11.1 Å². The first-order valence-corrected chi connectivity index (χ1v) is 16.6. The van der Waals surface area contributed by atoms with Crippen LogP contribution in [0, 0.1) is 17.0 Å². The minimum absolute atomic E-state index is 0.0000978. The first-order chi connectivity index (χ1) is 22.7. The van der Waals surface area contributed by atoms with E-state index >= 15 is 0 Å². The van der Waals surface area contributed by atoms with Gasteiger partial charge in [-0.3, -0.25) is 19.2 Å². The van der Waals surface area contributed by atoms with Crippen molar-refractivity contribution in [3.63, 3.8) is 0 Å². The van der Waals surface area contributed by atoms with Crippen LogP contribution in [0.25, 0.3) is 11.1 Å². The van der Waals surface area contributed by atoms with Crippen LogP contribution in [0.3, 0.4) is 0 Å². The zero-order valence-corrected chi connectivity index (χ0v) is 28.9. The van der Waals surface area contributed by atoms with Gasteiger partial charge in [0.2, 0.25) is 23.6 Å². The van der Waals surface area contributed by atoms with Crippen LogP contribution in [0.1, 0.15) is 44.5 Å². The number of carbonyl (C=O) groups is 4. The summed E-state index contributed by atoms with van der Waals surface area (Å²) in [6.45, 7) is 5.32. The van der Waals surface area contributed by atoms with Crippen LogP contribution in [0.2, 0.25) is 0 Å². The van der Waals surface area contributed by atoms with Crippen molar-refractivity contribution < 1.29 is 33.1 Å². The van der Waals surface area contributed by atoms with Gasteiger partial charge in [0, 0.05) is 49.2 Å². The Balaban J connectivity index is 1.84. The molecular weight excluding hydrogens is 690 g/mol. The quantitative estimate of drug-likeness (QED) is 0.113. The molecule has 0 saturated carbocycles. The number of amides is 4. The van der Waals surface area contributed by atoms with Crippen molar-refractivity contribution in [1.82, 2.24) is 25.4 Å². The predicted octanol–water partition coefficient (Wildman–Crippen LogP) is 2.85. The first-order valence-electron chi connectivity index (χ1n) is 15.5. The molecule has 0 saturated heterocycles. The normalized spacial score (nSPS) is 12.6. The molecule has 0 aliphatic carbocycles. The van der Waals surface area contributed by atoms with Crippen LogP contribution in [-0.2, 0) is 25.7 Å². The highest BCUT2D eigenvalue weighted by Gasteiger charge is 2.37. The second-order valence-corrected chi connectivity index (χ2v) is 12.9. The van der Waals surface area contributed by atoms with Gasteiger partial charge >= 0.3 is 0 Å². The Morgan fingerprint density at radius 1 is 0.979 bits per heavy atom. The molecule has 0 aliphatic rings. The summed E-state index contributed by atoms with van der Waals surface area (Å²) in [5.41, 5.74) is 7.60.